The quantitative estimate of drug-likeness (QED) is 0.512. The van der Waals surface area contributed by atoms with E-state index in [0.29, 0.717) is 11.6 Å². The van der Waals surface area contributed by atoms with Crippen LogP contribution in [0.5, 0.6) is 5.75 Å². The average Bonchev–Trinajstić information content (AvgIpc) is 2.61. The molecule has 0 fully saturated rings. The number of nitro groups is 1. The first-order valence-corrected chi connectivity index (χ1v) is 7.47. The lowest BCUT2D eigenvalue weighted by atomic mass is 10.2. The predicted octanol–water partition coefficient (Wildman–Crippen LogP) is 2.90. The SMILES string of the molecule is NCCOc1cc2ncnc(Nc3ccc(F)cc3F)c2cc1[N+](=O)[O-]. The minimum Gasteiger partial charge on any atom is -0.485 e. The molecule has 8 nitrogen and oxygen atoms in total. The number of benzene rings is 2. The van der Waals surface area contributed by atoms with Gasteiger partial charge in [0, 0.05) is 24.7 Å². The number of anilines is 2. The van der Waals surface area contributed by atoms with Crippen molar-refractivity contribution in [3.8, 4) is 5.75 Å². The number of nitrogens with one attached hydrogen (secondary N) is 1. The molecule has 0 aliphatic heterocycles. The van der Waals surface area contributed by atoms with Gasteiger partial charge in [0.2, 0.25) is 0 Å². The summed E-state index contributed by atoms with van der Waals surface area (Å²) in [5.74, 6) is -1.40. The molecular formula is C16H13F2N5O3. The molecule has 0 saturated carbocycles. The van der Waals surface area contributed by atoms with E-state index in [4.69, 9.17) is 10.5 Å². The van der Waals surface area contributed by atoms with E-state index in [9.17, 15) is 18.9 Å². The van der Waals surface area contributed by atoms with E-state index in [0.717, 1.165) is 6.07 Å². The van der Waals surface area contributed by atoms with Crippen LogP contribution in [0, 0.1) is 21.7 Å². The van der Waals surface area contributed by atoms with Gasteiger partial charge in [0.1, 0.15) is 30.4 Å². The number of hydrogen-bond acceptors (Lipinski definition) is 7. The molecule has 0 radical (unpaired) electrons. The first kappa shape index (κ1) is 17.4. The largest absolute Gasteiger partial charge is 0.485 e. The fourth-order valence-corrected chi connectivity index (χ4v) is 2.32. The summed E-state index contributed by atoms with van der Waals surface area (Å²) in [6.07, 6.45) is 1.21. The Balaban J connectivity index is 2.08. The molecule has 1 heterocycles. The van der Waals surface area contributed by atoms with Gasteiger partial charge < -0.3 is 15.8 Å². The molecule has 1 aromatic heterocycles. The Morgan fingerprint density at radius 1 is 1.23 bits per heavy atom. The number of aromatic nitrogens is 2. The van der Waals surface area contributed by atoms with E-state index in [1.165, 1.54) is 24.5 Å². The normalized spacial score (nSPS) is 10.7. The van der Waals surface area contributed by atoms with Crippen LogP contribution < -0.4 is 15.8 Å². The van der Waals surface area contributed by atoms with E-state index >= 15 is 0 Å². The number of hydrogen-bond donors (Lipinski definition) is 2. The molecule has 3 rings (SSSR count). The summed E-state index contributed by atoms with van der Waals surface area (Å²) in [6, 6.07) is 5.61. The van der Waals surface area contributed by atoms with E-state index in [2.05, 4.69) is 15.3 Å². The van der Waals surface area contributed by atoms with Crippen LogP contribution in [0.15, 0.2) is 36.7 Å². The Morgan fingerprint density at radius 2 is 2.04 bits per heavy atom. The van der Waals surface area contributed by atoms with Gasteiger partial charge in [0.25, 0.3) is 0 Å². The molecule has 0 aliphatic carbocycles. The highest BCUT2D eigenvalue weighted by molar-refractivity contribution is 5.93. The molecule has 3 aromatic rings. The summed E-state index contributed by atoms with van der Waals surface area (Å²) in [5, 5.41) is 14.3. The van der Waals surface area contributed by atoms with E-state index in [1.807, 2.05) is 0 Å². The van der Waals surface area contributed by atoms with Gasteiger partial charge in [-0.25, -0.2) is 18.7 Å². The van der Waals surface area contributed by atoms with E-state index in [1.54, 1.807) is 0 Å². The second-order valence-electron chi connectivity index (χ2n) is 5.20. The molecule has 2 aromatic carbocycles. The third kappa shape index (κ3) is 3.49. The second-order valence-corrected chi connectivity index (χ2v) is 5.20. The molecule has 0 bridgehead atoms. The van der Waals surface area contributed by atoms with Crippen molar-refractivity contribution in [2.75, 3.05) is 18.5 Å². The van der Waals surface area contributed by atoms with Gasteiger partial charge in [0.15, 0.2) is 5.75 Å². The van der Waals surface area contributed by atoms with Crippen molar-refractivity contribution in [1.29, 1.82) is 0 Å². The summed E-state index contributed by atoms with van der Waals surface area (Å²) in [4.78, 5) is 18.8. The van der Waals surface area contributed by atoms with Crippen molar-refractivity contribution in [3.05, 3.63) is 58.4 Å². The molecule has 0 aliphatic rings. The number of ether oxygens (including phenoxy) is 1. The molecule has 10 heteroatoms. The monoisotopic (exact) mass is 361 g/mol. The molecule has 3 N–H and O–H groups in total. The van der Waals surface area contributed by atoms with Crippen LogP contribution in [0.2, 0.25) is 0 Å². The van der Waals surface area contributed by atoms with Crippen LogP contribution in [0.1, 0.15) is 0 Å². The number of halogens is 2. The first-order valence-electron chi connectivity index (χ1n) is 7.47. The lowest BCUT2D eigenvalue weighted by molar-refractivity contribution is -0.385. The Kier molecular flexibility index (Phi) is 4.85. The number of nitrogens with two attached hydrogens (primary N) is 1. The summed E-state index contributed by atoms with van der Waals surface area (Å²) >= 11 is 0. The first-order chi connectivity index (χ1) is 12.5. The predicted molar refractivity (Wildman–Crippen MR) is 90.4 cm³/mol. The van der Waals surface area contributed by atoms with Crippen LogP contribution in [-0.4, -0.2) is 28.0 Å². The van der Waals surface area contributed by atoms with Crippen molar-refractivity contribution in [2.45, 2.75) is 0 Å². The Hall–Kier alpha value is -3.40. The smallest absolute Gasteiger partial charge is 0.311 e. The zero-order valence-corrected chi connectivity index (χ0v) is 13.3. The zero-order chi connectivity index (χ0) is 18.7. The van der Waals surface area contributed by atoms with Crippen molar-refractivity contribution < 1.29 is 18.4 Å². The minimum absolute atomic E-state index is 0.0190. The maximum absolute atomic E-state index is 13.9. The lowest BCUT2D eigenvalue weighted by Crippen LogP contribution is -2.11. The lowest BCUT2D eigenvalue weighted by Gasteiger charge is -2.11. The minimum atomic E-state index is -0.825. The Bertz CT molecular complexity index is 984. The number of fused-ring (bicyclic) bond motifs is 1. The molecular weight excluding hydrogens is 348 g/mol. The van der Waals surface area contributed by atoms with Crippen LogP contribution in [-0.2, 0) is 0 Å². The highest BCUT2D eigenvalue weighted by atomic mass is 19.1. The molecule has 134 valence electrons. The van der Waals surface area contributed by atoms with Crippen molar-refractivity contribution in [1.82, 2.24) is 9.97 Å². The summed E-state index contributed by atoms with van der Waals surface area (Å²) in [5.41, 5.74) is 5.37. The molecule has 0 atom stereocenters. The topological polar surface area (TPSA) is 116 Å². The fraction of sp³-hybridized carbons (Fsp3) is 0.125. The van der Waals surface area contributed by atoms with Gasteiger partial charge in [0.05, 0.1) is 21.5 Å². The van der Waals surface area contributed by atoms with Crippen LogP contribution >= 0.6 is 0 Å². The molecule has 0 amide bonds. The van der Waals surface area contributed by atoms with Crippen LogP contribution in [0.25, 0.3) is 10.9 Å². The van der Waals surface area contributed by atoms with Gasteiger partial charge in [-0.1, -0.05) is 0 Å². The van der Waals surface area contributed by atoms with Gasteiger partial charge in [-0.15, -0.1) is 0 Å². The summed E-state index contributed by atoms with van der Waals surface area (Å²) < 4.78 is 32.2. The van der Waals surface area contributed by atoms with Gasteiger partial charge in [-0.05, 0) is 12.1 Å². The fourth-order valence-electron chi connectivity index (χ4n) is 2.32. The van der Waals surface area contributed by atoms with Gasteiger partial charge in [-0.2, -0.15) is 0 Å². The molecule has 0 unspecified atom stereocenters. The van der Waals surface area contributed by atoms with Gasteiger partial charge >= 0.3 is 5.69 Å². The van der Waals surface area contributed by atoms with Gasteiger partial charge in [-0.3, -0.25) is 10.1 Å². The Morgan fingerprint density at radius 3 is 2.73 bits per heavy atom. The maximum atomic E-state index is 13.9. The van der Waals surface area contributed by atoms with Crippen molar-refractivity contribution >= 4 is 28.1 Å². The third-order valence-electron chi connectivity index (χ3n) is 3.47. The van der Waals surface area contributed by atoms with Crippen LogP contribution in [0.4, 0.5) is 26.0 Å². The summed E-state index contributed by atoms with van der Waals surface area (Å²) in [7, 11) is 0. The van der Waals surface area contributed by atoms with Crippen molar-refractivity contribution in [2.24, 2.45) is 5.73 Å². The standard InChI is InChI=1S/C16H13F2N5O3/c17-9-1-2-12(11(18)5-9)22-16-10-6-14(23(24)25)15(26-4-3-19)7-13(10)20-8-21-16/h1-2,5-8H,3-4,19H2,(H,20,21,22). The zero-order valence-electron chi connectivity index (χ0n) is 13.3. The number of rotatable bonds is 6. The molecule has 0 spiro atoms. The maximum Gasteiger partial charge on any atom is 0.311 e. The number of nitro benzene ring substituents is 1. The van der Waals surface area contributed by atoms with Crippen molar-refractivity contribution in [3.63, 3.8) is 0 Å². The van der Waals surface area contributed by atoms with E-state index < -0.39 is 16.6 Å². The highest BCUT2D eigenvalue weighted by Crippen LogP contribution is 2.34. The van der Waals surface area contributed by atoms with Crippen LogP contribution in [0.3, 0.4) is 0 Å². The summed E-state index contributed by atoms with van der Waals surface area (Å²) in [6.45, 7) is 0.291. The number of nitrogens with zero attached hydrogens (tertiary/aromatic N) is 3. The molecule has 0 saturated heterocycles. The second kappa shape index (κ2) is 7.23. The molecule has 26 heavy (non-hydrogen) atoms. The highest BCUT2D eigenvalue weighted by Gasteiger charge is 2.19. The third-order valence-corrected chi connectivity index (χ3v) is 3.47. The Labute approximate surface area is 145 Å². The average molecular weight is 361 g/mol. The van der Waals surface area contributed by atoms with E-state index in [-0.39, 0.29) is 41.5 Å².